The molecule has 0 aromatic carbocycles. The Labute approximate surface area is 110 Å². The minimum Gasteiger partial charge on any atom is -0.357 e. The van der Waals surface area contributed by atoms with Crippen molar-refractivity contribution in [3.63, 3.8) is 0 Å². The molecule has 1 saturated carbocycles. The van der Waals surface area contributed by atoms with E-state index < -0.39 is 0 Å². The fraction of sp³-hybridized carbons (Fsp3) is 0.636. The van der Waals surface area contributed by atoms with Gasteiger partial charge < -0.3 is 11.1 Å². The van der Waals surface area contributed by atoms with E-state index in [-0.39, 0.29) is 11.2 Å². The maximum Gasteiger partial charge on any atom is 0.185 e. The van der Waals surface area contributed by atoms with Crippen LogP contribution >= 0.6 is 22.9 Å². The van der Waals surface area contributed by atoms with Gasteiger partial charge in [0, 0.05) is 12.6 Å². The summed E-state index contributed by atoms with van der Waals surface area (Å²) in [5.74, 6) is 0.619. The van der Waals surface area contributed by atoms with Crippen LogP contribution in [0.2, 0.25) is 5.15 Å². The number of aromatic nitrogens is 1. The van der Waals surface area contributed by atoms with Gasteiger partial charge in [0.15, 0.2) is 10.3 Å². The Bertz CT molecular complexity index is 420. The van der Waals surface area contributed by atoms with E-state index in [2.05, 4.69) is 10.3 Å². The van der Waals surface area contributed by atoms with Gasteiger partial charge in [-0.25, -0.2) is 4.98 Å². The standard InChI is InChI=1S/C11H15ClN4S/c12-10-9(6-14)17-11(16-10)15-8(5-13)7-3-1-2-4-7/h7-8H,1-5,13H2,(H,15,16). The van der Waals surface area contributed by atoms with Crippen LogP contribution in [0.1, 0.15) is 30.6 Å². The van der Waals surface area contributed by atoms with E-state index in [1.54, 1.807) is 0 Å². The van der Waals surface area contributed by atoms with Crippen LogP contribution in [0, 0.1) is 17.2 Å². The van der Waals surface area contributed by atoms with Gasteiger partial charge in [0.05, 0.1) is 0 Å². The first-order valence-corrected chi connectivity index (χ1v) is 6.97. The Morgan fingerprint density at radius 1 is 1.59 bits per heavy atom. The predicted octanol–water partition coefficient (Wildman–Crippen LogP) is 2.60. The molecule has 0 amide bonds. The van der Waals surface area contributed by atoms with E-state index in [1.165, 1.54) is 37.0 Å². The minimum atomic E-state index is 0.242. The van der Waals surface area contributed by atoms with Crippen LogP contribution < -0.4 is 11.1 Å². The lowest BCUT2D eigenvalue weighted by atomic mass is 9.98. The molecule has 0 bridgehead atoms. The van der Waals surface area contributed by atoms with Gasteiger partial charge in [-0.3, -0.25) is 0 Å². The number of halogens is 1. The molecule has 0 radical (unpaired) electrons. The smallest absolute Gasteiger partial charge is 0.185 e. The van der Waals surface area contributed by atoms with E-state index in [4.69, 9.17) is 22.6 Å². The lowest BCUT2D eigenvalue weighted by molar-refractivity contribution is 0.462. The van der Waals surface area contributed by atoms with E-state index in [0.717, 1.165) is 0 Å². The lowest BCUT2D eigenvalue weighted by Crippen LogP contribution is -2.35. The molecule has 1 aromatic heterocycles. The second-order valence-electron chi connectivity index (χ2n) is 4.28. The van der Waals surface area contributed by atoms with Crippen LogP contribution in [0.3, 0.4) is 0 Å². The summed E-state index contributed by atoms with van der Waals surface area (Å²) in [4.78, 5) is 4.59. The number of thiazole rings is 1. The molecule has 0 aliphatic heterocycles. The van der Waals surface area contributed by atoms with Crippen molar-refractivity contribution in [2.24, 2.45) is 11.7 Å². The summed E-state index contributed by atoms with van der Waals surface area (Å²) in [5.41, 5.74) is 5.79. The van der Waals surface area contributed by atoms with Gasteiger partial charge in [0.1, 0.15) is 10.9 Å². The first-order valence-electron chi connectivity index (χ1n) is 5.77. The zero-order chi connectivity index (χ0) is 12.3. The highest BCUT2D eigenvalue weighted by molar-refractivity contribution is 7.16. The van der Waals surface area contributed by atoms with Gasteiger partial charge in [-0.05, 0) is 18.8 Å². The molecule has 1 aromatic rings. The van der Waals surface area contributed by atoms with Crippen LogP contribution in [-0.2, 0) is 0 Å². The molecule has 4 nitrogen and oxygen atoms in total. The number of rotatable bonds is 4. The molecule has 0 spiro atoms. The van der Waals surface area contributed by atoms with Crippen LogP contribution in [0.4, 0.5) is 5.13 Å². The topological polar surface area (TPSA) is 74.7 Å². The second-order valence-corrected chi connectivity index (χ2v) is 5.64. The van der Waals surface area contributed by atoms with E-state index in [0.29, 0.717) is 22.5 Å². The lowest BCUT2D eigenvalue weighted by Gasteiger charge is -2.22. The largest absolute Gasteiger partial charge is 0.357 e. The molecule has 1 aliphatic carbocycles. The van der Waals surface area contributed by atoms with Gasteiger partial charge in [0.25, 0.3) is 0 Å². The molecule has 1 fully saturated rings. The van der Waals surface area contributed by atoms with Crippen molar-refractivity contribution < 1.29 is 0 Å². The molecule has 1 heterocycles. The van der Waals surface area contributed by atoms with E-state index in [9.17, 15) is 0 Å². The number of nitrogens with two attached hydrogens (primary N) is 1. The average Bonchev–Trinajstić information content (AvgIpc) is 2.95. The summed E-state index contributed by atoms with van der Waals surface area (Å²) >= 11 is 7.13. The van der Waals surface area contributed by atoms with Crippen molar-refractivity contribution in [3.8, 4) is 6.07 Å². The quantitative estimate of drug-likeness (QED) is 0.882. The zero-order valence-corrected chi connectivity index (χ0v) is 11.0. The Balaban J connectivity index is 2.04. The molecular weight excluding hydrogens is 256 g/mol. The third-order valence-electron chi connectivity index (χ3n) is 3.22. The summed E-state index contributed by atoms with van der Waals surface area (Å²) in [5, 5.41) is 13.1. The highest BCUT2D eigenvalue weighted by Crippen LogP contribution is 2.31. The molecule has 1 aliphatic rings. The summed E-state index contributed by atoms with van der Waals surface area (Å²) in [6.07, 6.45) is 5.01. The van der Waals surface area contributed by atoms with E-state index in [1.807, 2.05) is 6.07 Å². The van der Waals surface area contributed by atoms with Crippen LogP contribution in [-0.4, -0.2) is 17.6 Å². The molecular formula is C11H15ClN4S. The normalized spacial score (nSPS) is 17.9. The Morgan fingerprint density at radius 3 is 2.82 bits per heavy atom. The number of hydrogen-bond acceptors (Lipinski definition) is 5. The summed E-state index contributed by atoms with van der Waals surface area (Å²) in [6.45, 7) is 0.587. The Morgan fingerprint density at radius 2 is 2.29 bits per heavy atom. The van der Waals surface area contributed by atoms with Crippen molar-refractivity contribution in [2.75, 3.05) is 11.9 Å². The van der Waals surface area contributed by atoms with Gasteiger partial charge in [-0.15, -0.1) is 0 Å². The van der Waals surface area contributed by atoms with Gasteiger partial charge in [-0.1, -0.05) is 35.8 Å². The molecule has 17 heavy (non-hydrogen) atoms. The highest BCUT2D eigenvalue weighted by Gasteiger charge is 2.24. The monoisotopic (exact) mass is 270 g/mol. The fourth-order valence-corrected chi connectivity index (χ4v) is 3.33. The highest BCUT2D eigenvalue weighted by atomic mass is 35.5. The first-order chi connectivity index (χ1) is 8.24. The number of nitriles is 1. The van der Waals surface area contributed by atoms with Crippen molar-refractivity contribution in [1.29, 1.82) is 5.26 Å². The molecule has 92 valence electrons. The number of nitrogens with zero attached hydrogens (tertiary/aromatic N) is 2. The Hall–Kier alpha value is -0.830. The van der Waals surface area contributed by atoms with Gasteiger partial charge >= 0.3 is 0 Å². The molecule has 2 rings (SSSR count). The van der Waals surface area contributed by atoms with Crippen LogP contribution in [0.5, 0.6) is 0 Å². The molecule has 1 atom stereocenters. The predicted molar refractivity (Wildman–Crippen MR) is 70.3 cm³/mol. The van der Waals surface area contributed by atoms with Crippen LogP contribution in [0.25, 0.3) is 0 Å². The fourth-order valence-electron chi connectivity index (χ4n) is 2.32. The minimum absolute atomic E-state index is 0.242. The van der Waals surface area contributed by atoms with Crippen LogP contribution in [0.15, 0.2) is 0 Å². The summed E-state index contributed by atoms with van der Waals surface area (Å²) < 4.78 is 0. The first kappa shape index (κ1) is 12.6. The Kier molecular flexibility index (Phi) is 4.21. The average molecular weight is 271 g/mol. The van der Waals surface area contributed by atoms with Gasteiger partial charge in [-0.2, -0.15) is 5.26 Å². The number of hydrogen-bond donors (Lipinski definition) is 2. The third kappa shape index (κ3) is 2.89. The van der Waals surface area contributed by atoms with Gasteiger partial charge in [0.2, 0.25) is 0 Å². The molecule has 0 saturated heterocycles. The molecule has 3 N–H and O–H groups in total. The SMILES string of the molecule is N#Cc1sc(NC(CN)C2CCCC2)nc1Cl. The molecule has 6 heteroatoms. The van der Waals surface area contributed by atoms with Crippen molar-refractivity contribution in [1.82, 2.24) is 4.98 Å². The maximum atomic E-state index is 8.82. The zero-order valence-electron chi connectivity index (χ0n) is 9.45. The second kappa shape index (κ2) is 5.67. The number of nitrogens with one attached hydrogen (secondary N) is 1. The number of anilines is 1. The third-order valence-corrected chi connectivity index (χ3v) is 4.50. The molecule has 1 unspecified atom stereocenters. The van der Waals surface area contributed by atoms with Crippen molar-refractivity contribution in [3.05, 3.63) is 10.0 Å². The maximum absolute atomic E-state index is 8.82. The van der Waals surface area contributed by atoms with Crippen molar-refractivity contribution in [2.45, 2.75) is 31.7 Å². The van der Waals surface area contributed by atoms with Crippen molar-refractivity contribution >= 4 is 28.1 Å². The van der Waals surface area contributed by atoms with E-state index >= 15 is 0 Å². The summed E-state index contributed by atoms with van der Waals surface area (Å²) in [7, 11) is 0. The summed E-state index contributed by atoms with van der Waals surface area (Å²) in [6, 6.07) is 2.27.